The van der Waals surface area contributed by atoms with Gasteiger partial charge >= 0.3 is 0 Å². The minimum absolute atomic E-state index is 0.0924. The summed E-state index contributed by atoms with van der Waals surface area (Å²) in [6.07, 6.45) is 2.54. The van der Waals surface area contributed by atoms with Crippen molar-refractivity contribution < 1.29 is 19.5 Å². The average Bonchev–Trinajstić information content (AvgIpc) is 2.98. The van der Waals surface area contributed by atoms with Gasteiger partial charge in [-0.15, -0.1) is 0 Å². The van der Waals surface area contributed by atoms with Gasteiger partial charge < -0.3 is 10.4 Å². The zero-order valence-corrected chi connectivity index (χ0v) is 22.3. The molecular formula is C31H24BrN3O4. The monoisotopic (exact) mass is 581 g/mol. The second-order valence-electron chi connectivity index (χ2n) is 8.45. The van der Waals surface area contributed by atoms with Crippen molar-refractivity contribution in [3.63, 3.8) is 0 Å². The Morgan fingerprint density at radius 3 is 2.05 bits per heavy atom. The highest BCUT2D eigenvalue weighted by Gasteiger charge is 2.19. The van der Waals surface area contributed by atoms with Gasteiger partial charge in [0.25, 0.3) is 5.91 Å². The number of aliphatic hydroxyl groups excluding tert-OH is 1. The Bertz CT molecular complexity index is 1520. The third-order valence-electron chi connectivity index (χ3n) is 5.73. The molecule has 0 aliphatic carbocycles. The molecule has 8 heteroatoms. The second-order valence-corrected chi connectivity index (χ2v) is 9.37. The Hall–Kier alpha value is -4.53. The number of pyridine rings is 1. The summed E-state index contributed by atoms with van der Waals surface area (Å²) in [5.41, 5.74) is 2.29. The number of ketones is 2. The number of Topliss-reactive ketones (excluding diaryl/α,β-unsaturated/α-hetero) is 2. The highest BCUT2D eigenvalue weighted by Crippen LogP contribution is 2.21. The summed E-state index contributed by atoms with van der Waals surface area (Å²) in [4.78, 5) is 48.3. The van der Waals surface area contributed by atoms with Crippen LogP contribution in [-0.4, -0.2) is 33.3 Å². The van der Waals surface area contributed by atoms with Gasteiger partial charge in [-0.25, -0.2) is 4.98 Å². The van der Waals surface area contributed by atoms with Gasteiger partial charge in [0, 0.05) is 33.6 Å². The van der Waals surface area contributed by atoms with Gasteiger partial charge in [-0.3, -0.25) is 19.4 Å². The number of anilines is 1. The van der Waals surface area contributed by atoms with E-state index in [1.165, 1.54) is 12.4 Å². The number of hydrogen-bond donors (Lipinski definition) is 2. The molecule has 0 aliphatic heterocycles. The van der Waals surface area contributed by atoms with Crippen molar-refractivity contribution in [1.29, 1.82) is 0 Å². The van der Waals surface area contributed by atoms with Gasteiger partial charge in [-0.1, -0.05) is 84.9 Å². The molecule has 0 atom stereocenters. The SMILES string of the molecule is O=C(Nc1ccc(Br)cn1)C(CC(=O)c1ccc(CO)cc1)=N/C=C(/C(=O)c1ccccc1)c1ccccc1. The topological polar surface area (TPSA) is 109 Å². The van der Waals surface area contributed by atoms with Crippen molar-refractivity contribution in [2.24, 2.45) is 4.99 Å². The van der Waals surface area contributed by atoms with E-state index in [1.54, 1.807) is 84.9 Å². The van der Waals surface area contributed by atoms with Gasteiger partial charge in [0.1, 0.15) is 11.5 Å². The Morgan fingerprint density at radius 2 is 1.46 bits per heavy atom. The predicted octanol–water partition coefficient (Wildman–Crippen LogP) is 5.91. The largest absolute Gasteiger partial charge is 0.392 e. The van der Waals surface area contributed by atoms with Crippen LogP contribution in [0.1, 0.15) is 38.3 Å². The van der Waals surface area contributed by atoms with Crippen molar-refractivity contribution >= 4 is 50.5 Å². The minimum Gasteiger partial charge on any atom is -0.392 e. The fraction of sp³-hybridized carbons (Fsp3) is 0.0645. The number of amides is 1. The lowest BCUT2D eigenvalue weighted by molar-refractivity contribution is -0.110. The van der Waals surface area contributed by atoms with Crippen molar-refractivity contribution in [3.05, 3.63) is 136 Å². The molecular weight excluding hydrogens is 558 g/mol. The smallest absolute Gasteiger partial charge is 0.271 e. The number of allylic oxidation sites excluding steroid dienone is 1. The first-order valence-electron chi connectivity index (χ1n) is 12.0. The van der Waals surface area contributed by atoms with E-state index < -0.39 is 5.91 Å². The second kappa shape index (κ2) is 13.3. The third kappa shape index (κ3) is 7.50. The van der Waals surface area contributed by atoms with Crippen LogP contribution >= 0.6 is 15.9 Å². The van der Waals surface area contributed by atoms with Crippen molar-refractivity contribution in [2.45, 2.75) is 13.0 Å². The highest BCUT2D eigenvalue weighted by molar-refractivity contribution is 9.10. The molecule has 4 aromatic rings. The van der Waals surface area contributed by atoms with Crippen LogP contribution in [0, 0.1) is 0 Å². The molecule has 0 fully saturated rings. The number of rotatable bonds is 10. The summed E-state index contributed by atoms with van der Waals surface area (Å²) < 4.78 is 0.741. The maximum atomic E-state index is 13.4. The normalized spacial score (nSPS) is 11.6. The van der Waals surface area contributed by atoms with E-state index in [0.717, 1.165) is 4.47 Å². The molecule has 0 bridgehead atoms. The molecule has 0 saturated heterocycles. The molecule has 0 unspecified atom stereocenters. The van der Waals surface area contributed by atoms with Gasteiger partial charge in [-0.05, 0) is 39.2 Å². The van der Waals surface area contributed by atoms with Crippen molar-refractivity contribution in [1.82, 2.24) is 4.98 Å². The zero-order chi connectivity index (χ0) is 27.6. The van der Waals surface area contributed by atoms with Gasteiger partial charge in [0.15, 0.2) is 11.6 Å². The van der Waals surface area contributed by atoms with Crippen LogP contribution in [0.25, 0.3) is 5.57 Å². The molecule has 0 spiro atoms. The molecule has 1 heterocycles. The van der Waals surface area contributed by atoms with Crippen molar-refractivity contribution in [3.8, 4) is 0 Å². The average molecular weight is 582 g/mol. The summed E-state index contributed by atoms with van der Waals surface area (Å²) in [5, 5.41) is 12.0. The third-order valence-corrected chi connectivity index (χ3v) is 6.20. The molecule has 0 radical (unpaired) electrons. The summed E-state index contributed by atoms with van der Waals surface area (Å²) >= 11 is 3.31. The van der Waals surface area contributed by atoms with Crippen LogP contribution in [0.5, 0.6) is 0 Å². The van der Waals surface area contributed by atoms with Gasteiger partial charge in [0.05, 0.1) is 13.0 Å². The van der Waals surface area contributed by atoms with Crippen LogP contribution in [0.2, 0.25) is 0 Å². The Morgan fingerprint density at radius 1 is 0.821 bits per heavy atom. The number of nitrogens with one attached hydrogen (secondary N) is 1. The Balaban J connectivity index is 1.72. The highest BCUT2D eigenvalue weighted by atomic mass is 79.9. The molecule has 194 valence electrons. The minimum atomic E-state index is -0.624. The standard InChI is InChI=1S/C31H24BrN3O4/c32-25-15-16-29(34-18-25)35-31(39)27(17-28(37)23-13-11-21(20-36)12-14-23)33-19-26(22-7-3-1-4-8-22)30(38)24-9-5-2-6-10-24/h1-16,18-19,36H,17,20H2,(H,34,35,39)/b26-19+,33-27?. The number of hydrogen-bond acceptors (Lipinski definition) is 6. The van der Waals surface area contributed by atoms with Crippen LogP contribution < -0.4 is 5.32 Å². The zero-order valence-electron chi connectivity index (χ0n) is 20.8. The Kier molecular flexibility index (Phi) is 9.39. The molecule has 0 aliphatic rings. The van der Waals surface area contributed by atoms with E-state index in [0.29, 0.717) is 22.3 Å². The summed E-state index contributed by atoms with van der Waals surface area (Å²) in [6.45, 7) is -0.147. The van der Waals surface area contributed by atoms with Crippen LogP contribution in [0.15, 0.2) is 119 Å². The molecule has 2 N–H and O–H groups in total. The number of aliphatic imine (C=N–C) groups is 1. The van der Waals surface area contributed by atoms with E-state index in [4.69, 9.17) is 0 Å². The van der Waals surface area contributed by atoms with E-state index in [2.05, 4.69) is 31.2 Å². The predicted molar refractivity (Wildman–Crippen MR) is 155 cm³/mol. The number of carbonyl (C=O) groups excluding carboxylic acids is 3. The summed E-state index contributed by atoms with van der Waals surface area (Å²) in [7, 11) is 0. The maximum absolute atomic E-state index is 13.4. The molecule has 0 saturated carbocycles. The number of benzene rings is 3. The van der Waals surface area contributed by atoms with Crippen molar-refractivity contribution in [2.75, 3.05) is 5.32 Å². The lowest BCUT2D eigenvalue weighted by Crippen LogP contribution is -2.26. The molecule has 1 aromatic heterocycles. The Labute approximate surface area is 234 Å². The number of carbonyl (C=O) groups is 3. The lowest BCUT2D eigenvalue weighted by atomic mass is 9.97. The summed E-state index contributed by atoms with van der Waals surface area (Å²) in [5.74, 6) is -0.962. The first-order chi connectivity index (χ1) is 18.9. The van der Waals surface area contributed by atoms with E-state index in [1.807, 2.05) is 12.1 Å². The molecule has 3 aromatic carbocycles. The number of aromatic nitrogens is 1. The molecule has 7 nitrogen and oxygen atoms in total. The molecule has 39 heavy (non-hydrogen) atoms. The fourth-order valence-electron chi connectivity index (χ4n) is 3.64. The van der Waals surface area contributed by atoms with Crippen LogP contribution in [-0.2, 0) is 11.4 Å². The lowest BCUT2D eigenvalue weighted by Gasteiger charge is -2.09. The first-order valence-corrected chi connectivity index (χ1v) is 12.8. The van der Waals surface area contributed by atoms with Gasteiger partial charge in [-0.2, -0.15) is 0 Å². The maximum Gasteiger partial charge on any atom is 0.271 e. The van der Waals surface area contributed by atoms with E-state index >= 15 is 0 Å². The van der Waals surface area contributed by atoms with E-state index in [9.17, 15) is 19.5 Å². The molecule has 1 amide bonds. The van der Waals surface area contributed by atoms with Gasteiger partial charge in [0.2, 0.25) is 0 Å². The number of aliphatic hydroxyl groups is 1. The van der Waals surface area contributed by atoms with Crippen LogP contribution in [0.4, 0.5) is 5.82 Å². The quantitative estimate of drug-likeness (QED) is 0.137. The fourth-order valence-corrected chi connectivity index (χ4v) is 3.88. The van der Waals surface area contributed by atoms with E-state index in [-0.39, 0.29) is 41.7 Å². The number of halogens is 1. The first kappa shape index (κ1) is 27.5. The van der Waals surface area contributed by atoms with Crippen LogP contribution in [0.3, 0.4) is 0 Å². The summed E-state index contributed by atoms with van der Waals surface area (Å²) in [6, 6.07) is 27.5. The molecule has 4 rings (SSSR count). The number of nitrogens with zero attached hydrogens (tertiary/aromatic N) is 2.